The van der Waals surface area contributed by atoms with Gasteiger partial charge in [0.2, 0.25) is 5.91 Å². The van der Waals surface area contributed by atoms with Gasteiger partial charge in [0.05, 0.1) is 6.04 Å². The van der Waals surface area contributed by atoms with Gasteiger partial charge >= 0.3 is 0 Å². The van der Waals surface area contributed by atoms with Crippen molar-refractivity contribution in [1.29, 1.82) is 0 Å². The van der Waals surface area contributed by atoms with Crippen LogP contribution in [0.2, 0.25) is 0 Å². The summed E-state index contributed by atoms with van der Waals surface area (Å²) < 4.78 is 1.84. The molecular formula is C15H21N5O. The number of rotatable bonds is 5. The summed E-state index contributed by atoms with van der Waals surface area (Å²) in [6, 6.07) is 6.98. The van der Waals surface area contributed by atoms with Crippen LogP contribution in [0, 0.1) is 5.92 Å². The molecule has 0 saturated carbocycles. The van der Waals surface area contributed by atoms with Crippen LogP contribution in [0.4, 0.5) is 5.69 Å². The van der Waals surface area contributed by atoms with E-state index in [0.29, 0.717) is 12.3 Å². The number of aryl methyl sites for hydroxylation is 1. The maximum absolute atomic E-state index is 12.0. The second-order valence-electron chi connectivity index (χ2n) is 5.57. The minimum Gasteiger partial charge on any atom is -0.325 e. The van der Waals surface area contributed by atoms with Crippen LogP contribution >= 0.6 is 0 Å². The van der Waals surface area contributed by atoms with Crippen molar-refractivity contribution in [2.24, 2.45) is 18.7 Å². The van der Waals surface area contributed by atoms with Crippen LogP contribution in [0.25, 0.3) is 11.4 Å². The molecule has 1 amide bonds. The van der Waals surface area contributed by atoms with Gasteiger partial charge in [-0.2, -0.15) is 0 Å². The fourth-order valence-electron chi connectivity index (χ4n) is 2.10. The maximum Gasteiger partial charge on any atom is 0.241 e. The molecule has 0 bridgehead atoms. The van der Waals surface area contributed by atoms with Gasteiger partial charge in [-0.1, -0.05) is 13.8 Å². The Morgan fingerprint density at radius 2 is 2.00 bits per heavy atom. The zero-order valence-corrected chi connectivity index (χ0v) is 12.6. The summed E-state index contributed by atoms with van der Waals surface area (Å²) in [5.74, 6) is 1.02. The number of amides is 1. The molecule has 1 aromatic carbocycles. The Bertz CT molecular complexity index is 603. The number of benzene rings is 1. The molecule has 0 aliphatic rings. The summed E-state index contributed by atoms with van der Waals surface area (Å²) in [6.07, 6.45) is 2.32. The summed E-state index contributed by atoms with van der Waals surface area (Å²) in [6.45, 7) is 4.09. The number of hydrogen-bond acceptors (Lipinski definition) is 4. The molecule has 0 aliphatic heterocycles. The van der Waals surface area contributed by atoms with Crippen molar-refractivity contribution in [2.45, 2.75) is 26.3 Å². The molecule has 1 aromatic heterocycles. The van der Waals surface area contributed by atoms with Crippen molar-refractivity contribution in [2.75, 3.05) is 5.32 Å². The third-order valence-electron chi connectivity index (χ3n) is 3.18. The Hall–Kier alpha value is -2.21. The van der Waals surface area contributed by atoms with E-state index in [1.54, 1.807) is 6.33 Å². The van der Waals surface area contributed by atoms with Crippen LogP contribution in [0.1, 0.15) is 20.3 Å². The van der Waals surface area contributed by atoms with Gasteiger partial charge in [-0.05, 0) is 36.6 Å². The highest BCUT2D eigenvalue weighted by Crippen LogP contribution is 2.18. The minimum atomic E-state index is -0.483. The second-order valence-corrected chi connectivity index (χ2v) is 5.57. The lowest BCUT2D eigenvalue weighted by Gasteiger charge is -2.14. The Morgan fingerprint density at radius 3 is 2.52 bits per heavy atom. The number of carbonyl (C=O) groups excluding carboxylic acids is 1. The lowest BCUT2D eigenvalue weighted by atomic mass is 10.0. The number of nitrogens with two attached hydrogens (primary N) is 1. The summed E-state index contributed by atoms with van der Waals surface area (Å²) in [5, 5.41) is 10.7. The molecule has 112 valence electrons. The van der Waals surface area contributed by atoms with Gasteiger partial charge in [-0.3, -0.25) is 4.79 Å². The predicted molar refractivity (Wildman–Crippen MR) is 82.5 cm³/mol. The van der Waals surface area contributed by atoms with Crippen molar-refractivity contribution < 1.29 is 4.79 Å². The third-order valence-corrected chi connectivity index (χ3v) is 3.18. The van der Waals surface area contributed by atoms with Crippen LogP contribution in [0.15, 0.2) is 30.6 Å². The van der Waals surface area contributed by atoms with E-state index in [4.69, 9.17) is 5.73 Å². The lowest BCUT2D eigenvalue weighted by molar-refractivity contribution is -0.117. The monoisotopic (exact) mass is 287 g/mol. The maximum atomic E-state index is 12.0. The first-order valence-corrected chi connectivity index (χ1v) is 6.98. The quantitative estimate of drug-likeness (QED) is 0.878. The Morgan fingerprint density at radius 1 is 1.33 bits per heavy atom. The highest BCUT2D eigenvalue weighted by atomic mass is 16.2. The van der Waals surface area contributed by atoms with E-state index in [9.17, 15) is 4.79 Å². The standard InChI is InChI=1S/C15H21N5O/c1-10(2)8-13(16)15(21)18-12-6-4-11(5-7-12)14-19-17-9-20(14)3/h4-7,9-10,13H,8,16H2,1-3H3,(H,18,21)/t13-/m1/s1. The van der Waals surface area contributed by atoms with Crippen LogP contribution in [0.3, 0.4) is 0 Å². The Balaban J connectivity index is 2.03. The molecule has 1 atom stereocenters. The van der Waals surface area contributed by atoms with Gasteiger partial charge in [-0.25, -0.2) is 0 Å². The van der Waals surface area contributed by atoms with Crippen LogP contribution in [-0.4, -0.2) is 26.7 Å². The molecule has 0 radical (unpaired) electrons. The van der Waals surface area contributed by atoms with Crippen molar-refractivity contribution in [1.82, 2.24) is 14.8 Å². The number of carbonyl (C=O) groups is 1. The molecule has 0 saturated heterocycles. The van der Waals surface area contributed by atoms with Crippen molar-refractivity contribution in [3.8, 4) is 11.4 Å². The molecule has 0 fully saturated rings. The highest BCUT2D eigenvalue weighted by molar-refractivity contribution is 5.94. The van der Waals surface area contributed by atoms with E-state index >= 15 is 0 Å². The van der Waals surface area contributed by atoms with Gasteiger partial charge in [-0.15, -0.1) is 10.2 Å². The fraction of sp³-hybridized carbons (Fsp3) is 0.400. The molecule has 3 N–H and O–H groups in total. The topological polar surface area (TPSA) is 85.8 Å². The Kier molecular flexibility index (Phi) is 4.70. The molecule has 0 unspecified atom stereocenters. The SMILES string of the molecule is CC(C)C[C@@H](N)C(=O)Nc1ccc(-c2nncn2C)cc1. The zero-order valence-electron chi connectivity index (χ0n) is 12.6. The molecule has 2 aromatic rings. The molecule has 1 heterocycles. The molecular weight excluding hydrogens is 266 g/mol. The van der Waals surface area contributed by atoms with Crippen LogP contribution in [0.5, 0.6) is 0 Å². The second kappa shape index (κ2) is 6.49. The summed E-state index contributed by atoms with van der Waals surface area (Å²) in [4.78, 5) is 12.0. The highest BCUT2D eigenvalue weighted by Gasteiger charge is 2.15. The molecule has 21 heavy (non-hydrogen) atoms. The Labute approximate surface area is 124 Å². The van der Waals surface area contributed by atoms with Crippen molar-refractivity contribution in [3.63, 3.8) is 0 Å². The zero-order chi connectivity index (χ0) is 15.4. The number of nitrogens with one attached hydrogen (secondary N) is 1. The normalized spacial score (nSPS) is 12.4. The van der Waals surface area contributed by atoms with E-state index in [0.717, 1.165) is 17.1 Å². The summed E-state index contributed by atoms with van der Waals surface area (Å²) in [7, 11) is 1.88. The summed E-state index contributed by atoms with van der Waals surface area (Å²) in [5.41, 5.74) is 7.53. The molecule has 6 heteroatoms. The van der Waals surface area contributed by atoms with Gasteiger partial charge in [0.1, 0.15) is 6.33 Å². The van der Waals surface area contributed by atoms with E-state index in [1.807, 2.05) is 49.7 Å². The number of hydrogen-bond donors (Lipinski definition) is 2. The average Bonchev–Trinajstić information content (AvgIpc) is 2.85. The van der Waals surface area contributed by atoms with Crippen LogP contribution in [-0.2, 0) is 11.8 Å². The van der Waals surface area contributed by atoms with Crippen molar-refractivity contribution >= 4 is 11.6 Å². The third kappa shape index (κ3) is 3.88. The van der Waals surface area contributed by atoms with Crippen molar-refractivity contribution in [3.05, 3.63) is 30.6 Å². The number of nitrogens with zero attached hydrogens (tertiary/aromatic N) is 3. The first-order valence-electron chi connectivity index (χ1n) is 6.98. The van der Waals surface area contributed by atoms with Crippen LogP contribution < -0.4 is 11.1 Å². The fourth-order valence-corrected chi connectivity index (χ4v) is 2.10. The number of anilines is 1. The van der Waals surface area contributed by atoms with Gasteiger partial charge < -0.3 is 15.6 Å². The molecule has 2 rings (SSSR count). The molecule has 0 aliphatic carbocycles. The first-order chi connectivity index (χ1) is 9.97. The smallest absolute Gasteiger partial charge is 0.241 e. The molecule has 0 spiro atoms. The van der Waals surface area contributed by atoms with Gasteiger partial charge in [0.15, 0.2) is 5.82 Å². The largest absolute Gasteiger partial charge is 0.325 e. The molecule has 6 nitrogen and oxygen atoms in total. The van der Waals surface area contributed by atoms with E-state index in [2.05, 4.69) is 15.5 Å². The van der Waals surface area contributed by atoms with Gasteiger partial charge in [0.25, 0.3) is 0 Å². The summed E-state index contributed by atoms with van der Waals surface area (Å²) >= 11 is 0. The average molecular weight is 287 g/mol. The van der Waals surface area contributed by atoms with E-state index in [1.165, 1.54) is 0 Å². The van der Waals surface area contributed by atoms with E-state index < -0.39 is 6.04 Å². The lowest BCUT2D eigenvalue weighted by Crippen LogP contribution is -2.36. The predicted octanol–water partition coefficient (Wildman–Crippen LogP) is 1.79. The van der Waals surface area contributed by atoms with Gasteiger partial charge in [0, 0.05) is 18.3 Å². The first kappa shape index (κ1) is 15.2. The van der Waals surface area contributed by atoms with E-state index in [-0.39, 0.29) is 5.91 Å². The number of aromatic nitrogens is 3. The minimum absolute atomic E-state index is 0.157.